The summed E-state index contributed by atoms with van der Waals surface area (Å²) in [5.74, 6) is 0. The van der Waals surface area contributed by atoms with E-state index in [1.807, 2.05) is 35.9 Å². The highest BCUT2D eigenvalue weighted by atomic mass is 32.1. The first-order valence-corrected chi connectivity index (χ1v) is 7.95. The van der Waals surface area contributed by atoms with Gasteiger partial charge in [-0.2, -0.15) is 0 Å². The fourth-order valence-corrected chi connectivity index (χ4v) is 3.69. The molecular formula is C13H17N3S2. The number of nitrogens with one attached hydrogen (secondary N) is 1. The largest absolute Gasteiger partial charge is 0.340 e. The van der Waals surface area contributed by atoms with Crippen LogP contribution < -0.4 is 10.2 Å². The second-order valence-electron chi connectivity index (χ2n) is 4.58. The van der Waals surface area contributed by atoms with Crippen LogP contribution in [-0.2, 0) is 13.1 Å². The average Bonchev–Trinajstić information content (AvgIpc) is 2.89. The van der Waals surface area contributed by atoms with Crippen molar-refractivity contribution in [3.05, 3.63) is 33.5 Å². The number of thiazole rings is 1. The zero-order valence-corrected chi connectivity index (χ0v) is 12.1. The summed E-state index contributed by atoms with van der Waals surface area (Å²) in [5, 5.41) is 6.51. The van der Waals surface area contributed by atoms with Crippen molar-refractivity contribution in [1.29, 1.82) is 0 Å². The minimum absolute atomic E-state index is 0.709. The second kappa shape index (κ2) is 5.38. The Morgan fingerprint density at radius 1 is 1.44 bits per heavy atom. The van der Waals surface area contributed by atoms with Gasteiger partial charge in [-0.1, -0.05) is 6.07 Å². The van der Waals surface area contributed by atoms with Gasteiger partial charge in [0.25, 0.3) is 0 Å². The van der Waals surface area contributed by atoms with Gasteiger partial charge in [-0.15, -0.1) is 22.7 Å². The van der Waals surface area contributed by atoms with E-state index in [9.17, 15) is 0 Å². The summed E-state index contributed by atoms with van der Waals surface area (Å²) in [6.07, 6.45) is 4.62. The van der Waals surface area contributed by atoms with E-state index < -0.39 is 0 Å². The molecule has 1 aliphatic carbocycles. The lowest BCUT2D eigenvalue weighted by Gasteiger charge is -2.20. The Morgan fingerprint density at radius 3 is 3.00 bits per heavy atom. The Morgan fingerprint density at radius 2 is 2.33 bits per heavy atom. The minimum atomic E-state index is 0.709. The first-order valence-electron chi connectivity index (χ1n) is 6.25. The Labute approximate surface area is 115 Å². The van der Waals surface area contributed by atoms with Gasteiger partial charge >= 0.3 is 0 Å². The number of rotatable bonds is 6. The smallest absolute Gasteiger partial charge is 0.186 e. The van der Waals surface area contributed by atoms with E-state index in [-0.39, 0.29) is 0 Å². The molecule has 0 spiro atoms. The molecule has 0 saturated heterocycles. The molecule has 5 heteroatoms. The van der Waals surface area contributed by atoms with Crippen LogP contribution in [0.15, 0.2) is 23.7 Å². The number of nitrogens with zero attached hydrogens (tertiary/aromatic N) is 2. The van der Waals surface area contributed by atoms with Crippen LogP contribution in [-0.4, -0.2) is 18.1 Å². The molecule has 1 fully saturated rings. The zero-order chi connectivity index (χ0) is 12.4. The Balaban J connectivity index is 1.76. The fourth-order valence-electron chi connectivity index (χ4n) is 2.00. The number of thiophene rings is 1. The molecule has 2 aromatic heterocycles. The zero-order valence-electron chi connectivity index (χ0n) is 10.4. The van der Waals surface area contributed by atoms with Crippen molar-refractivity contribution in [3.63, 3.8) is 0 Å². The van der Waals surface area contributed by atoms with E-state index in [0.717, 1.165) is 13.1 Å². The summed E-state index contributed by atoms with van der Waals surface area (Å²) in [5.41, 5.74) is 0. The molecule has 0 aromatic carbocycles. The van der Waals surface area contributed by atoms with E-state index in [0.29, 0.717) is 6.04 Å². The minimum Gasteiger partial charge on any atom is -0.340 e. The first kappa shape index (κ1) is 12.1. The normalized spacial score (nSPS) is 14.9. The molecule has 0 atom stereocenters. The fraction of sp³-hybridized carbons (Fsp3) is 0.462. The molecule has 1 N–H and O–H groups in total. The van der Waals surface area contributed by atoms with Crippen LogP contribution >= 0.6 is 22.7 Å². The molecule has 96 valence electrons. The molecule has 0 amide bonds. The molecule has 0 aliphatic heterocycles. The van der Waals surface area contributed by atoms with Gasteiger partial charge in [0.2, 0.25) is 0 Å². The molecule has 0 unspecified atom stereocenters. The summed E-state index contributed by atoms with van der Waals surface area (Å²) in [7, 11) is 1.98. The van der Waals surface area contributed by atoms with Gasteiger partial charge in [0, 0.05) is 28.5 Å². The Bertz CT molecular complexity index is 488. The van der Waals surface area contributed by atoms with Crippen LogP contribution in [0.1, 0.15) is 22.6 Å². The lowest BCUT2D eigenvalue weighted by molar-refractivity contribution is 0.798. The quantitative estimate of drug-likeness (QED) is 0.880. The third-order valence-electron chi connectivity index (χ3n) is 3.03. The maximum absolute atomic E-state index is 4.59. The molecule has 1 aliphatic rings. The second-order valence-corrected chi connectivity index (χ2v) is 6.70. The van der Waals surface area contributed by atoms with Crippen LogP contribution in [0.5, 0.6) is 0 Å². The molecule has 18 heavy (non-hydrogen) atoms. The first-order chi connectivity index (χ1) is 8.86. The van der Waals surface area contributed by atoms with Gasteiger partial charge in [0.1, 0.15) is 0 Å². The highest BCUT2D eigenvalue weighted by molar-refractivity contribution is 7.15. The number of hydrogen-bond donors (Lipinski definition) is 1. The highest BCUT2D eigenvalue weighted by Gasteiger charge is 2.31. The molecular weight excluding hydrogens is 262 g/mol. The molecule has 2 aromatic rings. The van der Waals surface area contributed by atoms with Crippen molar-refractivity contribution < 1.29 is 0 Å². The summed E-state index contributed by atoms with van der Waals surface area (Å²) in [6.45, 7) is 1.92. The summed E-state index contributed by atoms with van der Waals surface area (Å²) >= 11 is 3.64. The topological polar surface area (TPSA) is 28.2 Å². The Hall–Kier alpha value is -0.910. The van der Waals surface area contributed by atoms with Crippen molar-refractivity contribution in [1.82, 2.24) is 10.3 Å². The van der Waals surface area contributed by atoms with Gasteiger partial charge in [-0.3, -0.25) is 0 Å². The van der Waals surface area contributed by atoms with Crippen molar-refractivity contribution in [2.75, 3.05) is 11.9 Å². The molecule has 3 nitrogen and oxygen atoms in total. The lowest BCUT2D eigenvalue weighted by atomic mass is 10.4. The maximum Gasteiger partial charge on any atom is 0.186 e. The van der Waals surface area contributed by atoms with Crippen LogP contribution in [0, 0.1) is 0 Å². The third-order valence-corrected chi connectivity index (χ3v) is 4.93. The monoisotopic (exact) mass is 279 g/mol. The van der Waals surface area contributed by atoms with E-state index in [1.54, 1.807) is 0 Å². The van der Waals surface area contributed by atoms with Gasteiger partial charge in [0.15, 0.2) is 5.13 Å². The Kier molecular flexibility index (Phi) is 3.63. The molecule has 3 rings (SSSR count). The van der Waals surface area contributed by atoms with E-state index >= 15 is 0 Å². The number of anilines is 1. The summed E-state index contributed by atoms with van der Waals surface area (Å²) in [6, 6.07) is 5.04. The van der Waals surface area contributed by atoms with Crippen molar-refractivity contribution >= 4 is 27.8 Å². The van der Waals surface area contributed by atoms with Crippen molar-refractivity contribution in [3.8, 4) is 0 Å². The SMILES string of the molecule is CNCc1cnc(N(Cc2cccs2)C2CC2)s1. The van der Waals surface area contributed by atoms with Gasteiger partial charge in [-0.05, 0) is 31.3 Å². The molecule has 1 saturated carbocycles. The predicted molar refractivity (Wildman–Crippen MR) is 78.4 cm³/mol. The summed E-state index contributed by atoms with van der Waals surface area (Å²) in [4.78, 5) is 9.79. The van der Waals surface area contributed by atoms with E-state index in [1.165, 1.54) is 27.7 Å². The predicted octanol–water partition coefficient (Wildman–Crippen LogP) is 3.09. The molecule has 0 bridgehead atoms. The number of hydrogen-bond acceptors (Lipinski definition) is 5. The van der Waals surface area contributed by atoms with Crippen LogP contribution in [0.3, 0.4) is 0 Å². The standard InChI is InChI=1S/C13H17N3S2/c1-14-7-12-8-15-13(18-12)16(10-4-5-10)9-11-3-2-6-17-11/h2-3,6,8,10,14H,4-5,7,9H2,1H3. The molecule has 2 heterocycles. The van der Waals surface area contributed by atoms with Crippen molar-refractivity contribution in [2.45, 2.75) is 32.0 Å². The lowest BCUT2D eigenvalue weighted by Crippen LogP contribution is -2.24. The van der Waals surface area contributed by atoms with E-state index in [4.69, 9.17) is 0 Å². The van der Waals surface area contributed by atoms with Crippen LogP contribution in [0.4, 0.5) is 5.13 Å². The van der Waals surface area contributed by atoms with Gasteiger partial charge in [0.05, 0.1) is 6.54 Å². The highest BCUT2D eigenvalue weighted by Crippen LogP contribution is 2.35. The molecule has 0 radical (unpaired) electrons. The van der Waals surface area contributed by atoms with E-state index in [2.05, 4.69) is 32.7 Å². The van der Waals surface area contributed by atoms with Crippen LogP contribution in [0.25, 0.3) is 0 Å². The average molecular weight is 279 g/mol. The summed E-state index contributed by atoms with van der Waals surface area (Å²) < 4.78 is 0. The van der Waals surface area contributed by atoms with Crippen molar-refractivity contribution in [2.24, 2.45) is 0 Å². The maximum atomic E-state index is 4.59. The van der Waals surface area contributed by atoms with Gasteiger partial charge < -0.3 is 10.2 Å². The third kappa shape index (κ3) is 2.74. The number of aromatic nitrogens is 1. The van der Waals surface area contributed by atoms with Gasteiger partial charge in [-0.25, -0.2) is 4.98 Å². The van der Waals surface area contributed by atoms with Crippen LogP contribution in [0.2, 0.25) is 0 Å².